The van der Waals surface area contributed by atoms with Crippen molar-refractivity contribution in [3.8, 4) is 6.07 Å². The Morgan fingerprint density at radius 1 is 1.75 bits per heavy atom. The smallest absolute Gasteiger partial charge is 0.189 e. The van der Waals surface area contributed by atoms with Crippen LogP contribution in [0.4, 0.5) is 0 Å². The monoisotopic (exact) mass is 199 g/mol. The predicted octanol–water partition coefficient (Wildman–Crippen LogP) is 2.74. The molecule has 0 amide bonds. The minimum absolute atomic E-state index is 0.158. The summed E-state index contributed by atoms with van der Waals surface area (Å²) in [6.45, 7) is 1.58. The van der Waals surface area contributed by atoms with Gasteiger partial charge >= 0.3 is 0 Å². The zero-order valence-electron chi connectivity index (χ0n) is 6.37. The Hall–Kier alpha value is -0.850. The van der Waals surface area contributed by atoms with E-state index in [1.807, 2.05) is 6.07 Å². The second-order valence-electron chi connectivity index (χ2n) is 2.32. The molecule has 0 N–H and O–H groups in total. The molecule has 1 unspecified atom stereocenters. The molecule has 0 saturated heterocycles. The molecular formula is C8H6ClNOS. The maximum absolute atomic E-state index is 11.3. The van der Waals surface area contributed by atoms with Crippen LogP contribution in [0.25, 0.3) is 0 Å². The molecule has 0 aliphatic heterocycles. The van der Waals surface area contributed by atoms with Crippen molar-refractivity contribution in [2.45, 2.75) is 6.92 Å². The fourth-order valence-electron chi connectivity index (χ4n) is 0.719. The molecule has 0 radical (unpaired) electrons. The number of carbonyl (C=O) groups excluding carboxylic acids is 1. The SMILES string of the molecule is CC(C#N)C(=O)c1ccc(Cl)s1. The molecular weight excluding hydrogens is 194 g/mol. The third-order valence-corrected chi connectivity index (χ3v) is 2.65. The highest BCUT2D eigenvalue weighted by atomic mass is 35.5. The van der Waals surface area contributed by atoms with Gasteiger partial charge < -0.3 is 0 Å². The first-order chi connectivity index (χ1) is 5.65. The number of hydrogen-bond donors (Lipinski definition) is 0. The largest absolute Gasteiger partial charge is 0.292 e. The van der Waals surface area contributed by atoms with Gasteiger partial charge in [-0.15, -0.1) is 11.3 Å². The summed E-state index contributed by atoms with van der Waals surface area (Å²) in [5, 5.41) is 8.47. The average Bonchev–Trinajstić information content (AvgIpc) is 2.49. The van der Waals surface area contributed by atoms with Gasteiger partial charge in [-0.2, -0.15) is 5.26 Å². The summed E-state index contributed by atoms with van der Waals surface area (Å²) in [5.41, 5.74) is 0. The number of Topliss-reactive ketones (excluding diaryl/α,β-unsaturated/α-hetero) is 1. The van der Waals surface area contributed by atoms with E-state index in [4.69, 9.17) is 16.9 Å². The molecule has 0 fully saturated rings. The van der Waals surface area contributed by atoms with Crippen LogP contribution in [0, 0.1) is 17.2 Å². The van der Waals surface area contributed by atoms with E-state index in [2.05, 4.69) is 0 Å². The zero-order valence-corrected chi connectivity index (χ0v) is 7.95. The fraction of sp³-hybridized carbons (Fsp3) is 0.250. The molecule has 0 saturated carbocycles. The Morgan fingerprint density at radius 3 is 2.83 bits per heavy atom. The van der Waals surface area contributed by atoms with Crippen molar-refractivity contribution in [2.24, 2.45) is 5.92 Å². The first-order valence-corrected chi connectivity index (χ1v) is 4.53. The van der Waals surface area contributed by atoms with Gasteiger partial charge in [0.15, 0.2) is 5.78 Å². The van der Waals surface area contributed by atoms with E-state index >= 15 is 0 Å². The average molecular weight is 200 g/mol. The highest BCUT2D eigenvalue weighted by Crippen LogP contribution is 2.23. The van der Waals surface area contributed by atoms with Crippen LogP contribution in [0.3, 0.4) is 0 Å². The van der Waals surface area contributed by atoms with Crippen LogP contribution in [-0.2, 0) is 0 Å². The van der Waals surface area contributed by atoms with E-state index < -0.39 is 5.92 Å². The lowest BCUT2D eigenvalue weighted by Gasteiger charge is -1.95. The summed E-state index contributed by atoms with van der Waals surface area (Å²) in [6.07, 6.45) is 0. The molecule has 0 aliphatic carbocycles. The van der Waals surface area contributed by atoms with Crippen molar-refractivity contribution in [2.75, 3.05) is 0 Å². The third-order valence-electron chi connectivity index (χ3n) is 1.40. The predicted molar refractivity (Wildman–Crippen MR) is 48.4 cm³/mol. The number of rotatable bonds is 2. The molecule has 1 atom stereocenters. The Kier molecular flexibility index (Phi) is 2.85. The fourth-order valence-corrected chi connectivity index (χ4v) is 1.79. The molecule has 0 aromatic carbocycles. The highest BCUT2D eigenvalue weighted by Gasteiger charge is 2.15. The van der Waals surface area contributed by atoms with E-state index in [1.165, 1.54) is 11.3 Å². The van der Waals surface area contributed by atoms with Crippen molar-refractivity contribution in [3.63, 3.8) is 0 Å². The van der Waals surface area contributed by atoms with Crippen LogP contribution >= 0.6 is 22.9 Å². The number of hydrogen-bond acceptors (Lipinski definition) is 3. The molecule has 0 spiro atoms. The van der Waals surface area contributed by atoms with Gasteiger partial charge in [0, 0.05) is 0 Å². The van der Waals surface area contributed by atoms with Crippen LogP contribution < -0.4 is 0 Å². The lowest BCUT2D eigenvalue weighted by Crippen LogP contribution is -2.06. The maximum atomic E-state index is 11.3. The van der Waals surface area contributed by atoms with Gasteiger partial charge in [-0.3, -0.25) is 4.79 Å². The Morgan fingerprint density at radius 2 is 2.42 bits per heavy atom. The van der Waals surface area contributed by atoms with E-state index in [0.717, 1.165) is 0 Å². The summed E-state index contributed by atoms with van der Waals surface area (Å²) in [7, 11) is 0. The van der Waals surface area contributed by atoms with Crippen LogP contribution in [0.1, 0.15) is 16.6 Å². The molecule has 1 aromatic heterocycles. The van der Waals surface area contributed by atoms with Crippen LogP contribution in [-0.4, -0.2) is 5.78 Å². The summed E-state index contributed by atoms with van der Waals surface area (Å²) in [4.78, 5) is 11.9. The van der Waals surface area contributed by atoms with Gasteiger partial charge in [-0.25, -0.2) is 0 Å². The first kappa shape index (κ1) is 9.24. The Balaban J connectivity index is 2.87. The normalized spacial score (nSPS) is 12.1. The topological polar surface area (TPSA) is 40.9 Å². The molecule has 0 bridgehead atoms. The number of thiophene rings is 1. The number of carbonyl (C=O) groups is 1. The summed E-state index contributed by atoms with van der Waals surface area (Å²) < 4.78 is 0.573. The zero-order chi connectivity index (χ0) is 9.14. The molecule has 2 nitrogen and oxygen atoms in total. The van der Waals surface area contributed by atoms with Gasteiger partial charge in [0.25, 0.3) is 0 Å². The van der Waals surface area contributed by atoms with E-state index in [9.17, 15) is 4.79 Å². The van der Waals surface area contributed by atoms with Gasteiger partial charge in [0.05, 0.1) is 15.3 Å². The van der Waals surface area contributed by atoms with Crippen molar-refractivity contribution >= 4 is 28.7 Å². The number of nitrogens with zero attached hydrogens (tertiary/aromatic N) is 1. The summed E-state index contributed by atoms with van der Waals surface area (Å²) in [6, 6.07) is 5.18. The second kappa shape index (κ2) is 3.70. The van der Waals surface area contributed by atoms with E-state index in [1.54, 1.807) is 19.1 Å². The van der Waals surface area contributed by atoms with Crippen molar-refractivity contribution < 1.29 is 4.79 Å². The first-order valence-electron chi connectivity index (χ1n) is 3.34. The van der Waals surface area contributed by atoms with Gasteiger partial charge in [0.1, 0.15) is 5.92 Å². The van der Waals surface area contributed by atoms with Gasteiger partial charge in [-0.1, -0.05) is 11.6 Å². The number of ketones is 1. The molecule has 4 heteroatoms. The molecule has 62 valence electrons. The molecule has 1 rings (SSSR count). The van der Waals surface area contributed by atoms with Crippen molar-refractivity contribution in [3.05, 3.63) is 21.3 Å². The minimum Gasteiger partial charge on any atom is -0.292 e. The molecule has 12 heavy (non-hydrogen) atoms. The lowest BCUT2D eigenvalue weighted by molar-refractivity contribution is 0.0960. The maximum Gasteiger partial charge on any atom is 0.189 e. The molecule has 0 aliphatic rings. The highest BCUT2D eigenvalue weighted by molar-refractivity contribution is 7.18. The Bertz CT molecular complexity index is 339. The van der Waals surface area contributed by atoms with Crippen molar-refractivity contribution in [1.29, 1.82) is 5.26 Å². The van der Waals surface area contributed by atoms with Gasteiger partial charge in [0.2, 0.25) is 0 Å². The molecule has 1 heterocycles. The Labute approximate surface area is 79.4 Å². The van der Waals surface area contributed by atoms with E-state index in [0.29, 0.717) is 9.21 Å². The standard InChI is InChI=1S/C8H6ClNOS/c1-5(4-10)8(11)6-2-3-7(9)12-6/h2-3,5H,1H3. The quantitative estimate of drug-likeness (QED) is 0.688. The molecule has 1 aromatic rings. The number of nitriles is 1. The van der Waals surface area contributed by atoms with Crippen LogP contribution in [0.15, 0.2) is 12.1 Å². The summed E-state index contributed by atoms with van der Waals surface area (Å²) in [5.74, 6) is -0.742. The van der Waals surface area contributed by atoms with Gasteiger partial charge in [-0.05, 0) is 19.1 Å². The van der Waals surface area contributed by atoms with Crippen LogP contribution in [0.2, 0.25) is 4.34 Å². The third kappa shape index (κ3) is 1.84. The lowest BCUT2D eigenvalue weighted by atomic mass is 10.1. The van der Waals surface area contributed by atoms with Crippen LogP contribution in [0.5, 0.6) is 0 Å². The second-order valence-corrected chi connectivity index (χ2v) is 4.03. The summed E-state index contributed by atoms with van der Waals surface area (Å²) >= 11 is 6.84. The van der Waals surface area contributed by atoms with E-state index in [-0.39, 0.29) is 5.78 Å². The minimum atomic E-state index is -0.584. The number of halogens is 1. The van der Waals surface area contributed by atoms with Crippen molar-refractivity contribution in [1.82, 2.24) is 0 Å².